The van der Waals surface area contributed by atoms with Crippen molar-refractivity contribution in [2.75, 3.05) is 11.4 Å². The maximum Gasteiger partial charge on any atom is 0.326 e. The molecule has 0 spiro atoms. The van der Waals surface area contributed by atoms with E-state index in [0.717, 1.165) is 18.7 Å². The van der Waals surface area contributed by atoms with Crippen molar-refractivity contribution in [1.82, 2.24) is 0 Å². The Labute approximate surface area is 109 Å². The molecule has 0 aliphatic carbocycles. The second kappa shape index (κ2) is 6.43. The highest BCUT2D eigenvalue weighted by molar-refractivity contribution is 5.78. The van der Waals surface area contributed by atoms with Gasteiger partial charge in [0.05, 0.1) is 0 Å². The van der Waals surface area contributed by atoms with E-state index in [-0.39, 0.29) is 0 Å². The third-order valence-corrected chi connectivity index (χ3v) is 3.05. The number of anilines is 1. The number of rotatable bonds is 6. The Bertz CT molecular complexity index is 395. The number of hydrogen-bond acceptors (Lipinski definition) is 2. The van der Waals surface area contributed by atoms with Gasteiger partial charge in [-0.25, -0.2) is 4.79 Å². The van der Waals surface area contributed by atoms with Gasteiger partial charge < -0.3 is 10.0 Å². The molecule has 0 fully saturated rings. The van der Waals surface area contributed by atoms with Crippen LogP contribution in [0.3, 0.4) is 0 Å². The molecule has 0 saturated carbocycles. The van der Waals surface area contributed by atoms with Crippen molar-refractivity contribution in [2.24, 2.45) is 0 Å². The third-order valence-electron chi connectivity index (χ3n) is 3.05. The van der Waals surface area contributed by atoms with Gasteiger partial charge in [-0.2, -0.15) is 0 Å². The minimum atomic E-state index is -0.745. The molecule has 3 heteroatoms. The highest BCUT2D eigenvalue weighted by Crippen LogP contribution is 2.22. The van der Waals surface area contributed by atoms with Gasteiger partial charge in [0.25, 0.3) is 0 Å². The predicted octanol–water partition coefficient (Wildman–Crippen LogP) is 3.38. The number of carbonyl (C=O) groups is 1. The molecule has 0 unspecified atom stereocenters. The second-order valence-electron chi connectivity index (χ2n) is 4.80. The SMILES string of the molecule is CCCN(c1cc(C)cc(C)c1)[C@@H](CC)C(=O)O. The zero-order valence-corrected chi connectivity index (χ0v) is 11.7. The fourth-order valence-electron chi connectivity index (χ4n) is 2.35. The molecule has 0 saturated heterocycles. The first-order chi connectivity index (χ1) is 8.49. The molecule has 0 bridgehead atoms. The van der Waals surface area contributed by atoms with Gasteiger partial charge in [-0.3, -0.25) is 0 Å². The van der Waals surface area contributed by atoms with Crippen molar-refractivity contribution in [1.29, 1.82) is 0 Å². The van der Waals surface area contributed by atoms with Crippen LogP contribution in [0.15, 0.2) is 18.2 Å². The monoisotopic (exact) mass is 249 g/mol. The van der Waals surface area contributed by atoms with E-state index in [2.05, 4.69) is 25.1 Å². The Balaban J connectivity index is 3.13. The summed E-state index contributed by atoms with van der Waals surface area (Å²) in [6.45, 7) is 8.85. The number of hydrogen-bond donors (Lipinski definition) is 1. The molecule has 100 valence electrons. The molecule has 0 aromatic heterocycles. The first-order valence-electron chi connectivity index (χ1n) is 6.57. The largest absolute Gasteiger partial charge is 0.480 e. The Kier molecular flexibility index (Phi) is 5.20. The van der Waals surface area contributed by atoms with Crippen LogP contribution in [0.1, 0.15) is 37.8 Å². The zero-order valence-electron chi connectivity index (χ0n) is 11.7. The predicted molar refractivity (Wildman–Crippen MR) is 75.3 cm³/mol. The standard InChI is InChI=1S/C15H23NO2/c1-5-7-16(14(6-2)15(17)18)13-9-11(3)8-12(4)10-13/h8-10,14H,5-7H2,1-4H3,(H,17,18)/t14-/m0/s1. The van der Waals surface area contributed by atoms with Crippen LogP contribution in [-0.2, 0) is 4.79 Å². The molecule has 1 atom stereocenters. The van der Waals surface area contributed by atoms with Gasteiger partial charge >= 0.3 is 5.97 Å². The molecule has 0 heterocycles. The van der Waals surface area contributed by atoms with E-state index < -0.39 is 12.0 Å². The molecule has 0 amide bonds. The molecule has 0 radical (unpaired) electrons. The summed E-state index contributed by atoms with van der Waals surface area (Å²) in [4.78, 5) is 13.4. The number of aliphatic carboxylic acids is 1. The summed E-state index contributed by atoms with van der Waals surface area (Å²) in [5.41, 5.74) is 3.36. The summed E-state index contributed by atoms with van der Waals surface area (Å²) in [7, 11) is 0. The third kappa shape index (κ3) is 3.49. The fraction of sp³-hybridized carbons (Fsp3) is 0.533. The van der Waals surface area contributed by atoms with Crippen LogP contribution in [0, 0.1) is 13.8 Å². The number of carboxylic acids is 1. The first-order valence-corrected chi connectivity index (χ1v) is 6.57. The molecule has 1 rings (SSSR count). The molecule has 18 heavy (non-hydrogen) atoms. The maximum absolute atomic E-state index is 11.3. The van der Waals surface area contributed by atoms with E-state index in [1.54, 1.807) is 0 Å². The summed E-state index contributed by atoms with van der Waals surface area (Å²) < 4.78 is 0. The molecule has 1 aromatic rings. The molecule has 3 nitrogen and oxygen atoms in total. The molecular formula is C15H23NO2. The Morgan fingerprint density at radius 3 is 2.17 bits per heavy atom. The molecule has 1 aromatic carbocycles. The van der Waals surface area contributed by atoms with Gasteiger partial charge in [-0.05, 0) is 49.9 Å². The number of carboxylic acid groups (broad SMARTS) is 1. The van der Waals surface area contributed by atoms with E-state index in [0.29, 0.717) is 6.42 Å². The topological polar surface area (TPSA) is 40.5 Å². The minimum Gasteiger partial charge on any atom is -0.480 e. The lowest BCUT2D eigenvalue weighted by molar-refractivity contribution is -0.138. The number of nitrogens with zero attached hydrogens (tertiary/aromatic N) is 1. The lowest BCUT2D eigenvalue weighted by Crippen LogP contribution is -2.41. The van der Waals surface area contributed by atoms with Gasteiger partial charge in [0.15, 0.2) is 0 Å². The molecule has 1 N–H and O–H groups in total. The number of aryl methyl sites for hydroxylation is 2. The minimum absolute atomic E-state index is 0.439. The highest BCUT2D eigenvalue weighted by Gasteiger charge is 2.23. The molecule has 0 aliphatic rings. The van der Waals surface area contributed by atoms with Gasteiger partial charge in [-0.15, -0.1) is 0 Å². The van der Waals surface area contributed by atoms with E-state index in [9.17, 15) is 9.90 Å². The molecule has 0 aliphatic heterocycles. The quantitative estimate of drug-likeness (QED) is 0.840. The van der Waals surface area contributed by atoms with E-state index in [1.165, 1.54) is 11.1 Å². The van der Waals surface area contributed by atoms with Gasteiger partial charge in [0.1, 0.15) is 6.04 Å². The van der Waals surface area contributed by atoms with E-state index in [4.69, 9.17) is 0 Å². The van der Waals surface area contributed by atoms with Crippen molar-refractivity contribution in [2.45, 2.75) is 46.6 Å². The summed E-state index contributed by atoms with van der Waals surface area (Å²) in [5.74, 6) is -0.745. The summed E-state index contributed by atoms with van der Waals surface area (Å²) in [6, 6.07) is 5.80. The van der Waals surface area contributed by atoms with Crippen LogP contribution in [0.4, 0.5) is 5.69 Å². The first kappa shape index (κ1) is 14.6. The van der Waals surface area contributed by atoms with Crippen LogP contribution in [0.2, 0.25) is 0 Å². The Morgan fingerprint density at radius 2 is 1.78 bits per heavy atom. The highest BCUT2D eigenvalue weighted by atomic mass is 16.4. The van der Waals surface area contributed by atoms with Crippen LogP contribution in [-0.4, -0.2) is 23.7 Å². The summed E-state index contributed by atoms with van der Waals surface area (Å²) in [5, 5.41) is 9.33. The van der Waals surface area contributed by atoms with Crippen LogP contribution >= 0.6 is 0 Å². The van der Waals surface area contributed by atoms with E-state index >= 15 is 0 Å². The van der Waals surface area contributed by atoms with Crippen molar-refractivity contribution >= 4 is 11.7 Å². The van der Waals surface area contributed by atoms with E-state index in [1.807, 2.05) is 25.7 Å². The average Bonchev–Trinajstić information content (AvgIpc) is 2.27. The van der Waals surface area contributed by atoms with Crippen molar-refractivity contribution in [3.05, 3.63) is 29.3 Å². The van der Waals surface area contributed by atoms with Crippen LogP contribution < -0.4 is 4.90 Å². The summed E-state index contributed by atoms with van der Waals surface area (Å²) >= 11 is 0. The Hall–Kier alpha value is -1.51. The van der Waals surface area contributed by atoms with Gasteiger partial charge in [0.2, 0.25) is 0 Å². The van der Waals surface area contributed by atoms with Crippen LogP contribution in [0.5, 0.6) is 0 Å². The van der Waals surface area contributed by atoms with Crippen molar-refractivity contribution < 1.29 is 9.90 Å². The second-order valence-corrected chi connectivity index (χ2v) is 4.80. The number of benzene rings is 1. The van der Waals surface area contributed by atoms with Crippen LogP contribution in [0.25, 0.3) is 0 Å². The smallest absolute Gasteiger partial charge is 0.326 e. The lowest BCUT2D eigenvalue weighted by Gasteiger charge is -2.30. The lowest BCUT2D eigenvalue weighted by atomic mass is 10.1. The van der Waals surface area contributed by atoms with Gasteiger partial charge in [0, 0.05) is 12.2 Å². The summed E-state index contributed by atoms with van der Waals surface area (Å²) in [6.07, 6.45) is 1.55. The average molecular weight is 249 g/mol. The maximum atomic E-state index is 11.3. The van der Waals surface area contributed by atoms with Crippen molar-refractivity contribution in [3.8, 4) is 0 Å². The Morgan fingerprint density at radius 1 is 1.22 bits per heavy atom. The molecular weight excluding hydrogens is 226 g/mol. The fourth-order valence-corrected chi connectivity index (χ4v) is 2.35. The van der Waals surface area contributed by atoms with Gasteiger partial charge in [-0.1, -0.05) is 19.9 Å². The van der Waals surface area contributed by atoms with Crippen molar-refractivity contribution in [3.63, 3.8) is 0 Å². The normalized spacial score (nSPS) is 12.2. The zero-order chi connectivity index (χ0) is 13.7.